The van der Waals surface area contributed by atoms with Crippen molar-refractivity contribution >= 4 is 23.2 Å². The molecule has 5 nitrogen and oxygen atoms in total. The van der Waals surface area contributed by atoms with E-state index in [2.05, 4.69) is 15.4 Å². The van der Waals surface area contributed by atoms with Gasteiger partial charge in [0.1, 0.15) is 30.0 Å². The molecule has 1 aromatic heterocycles. The zero-order valence-corrected chi connectivity index (χ0v) is 16.9. The fraction of sp³-hybridized carbons (Fsp3) is 0.0833. The Labute approximate surface area is 182 Å². The molecule has 0 amide bonds. The van der Waals surface area contributed by atoms with Crippen LogP contribution in [0.2, 0.25) is 5.02 Å². The number of para-hydroxylation sites is 1. The van der Waals surface area contributed by atoms with Crippen LogP contribution in [0.1, 0.15) is 28.8 Å². The van der Waals surface area contributed by atoms with Crippen LogP contribution in [0.25, 0.3) is 5.70 Å². The summed E-state index contributed by atoms with van der Waals surface area (Å²) in [5.41, 5.74) is 4.71. The van der Waals surface area contributed by atoms with Gasteiger partial charge in [0, 0.05) is 16.2 Å². The Balaban J connectivity index is 1.62. The Hall–Kier alpha value is -3.64. The van der Waals surface area contributed by atoms with Crippen LogP contribution in [0.3, 0.4) is 0 Å². The maximum atomic E-state index is 13.7. The van der Waals surface area contributed by atoms with E-state index in [9.17, 15) is 4.39 Å². The third-order valence-corrected chi connectivity index (χ3v) is 5.93. The molecule has 2 aliphatic heterocycles. The predicted molar refractivity (Wildman–Crippen MR) is 116 cm³/mol. The number of nitrogens with one attached hydrogen (secondary N) is 1. The smallest absolute Gasteiger partial charge is 0.226 e. The van der Waals surface area contributed by atoms with Gasteiger partial charge < -0.3 is 10.1 Å². The largest absolute Gasteiger partial charge is 0.480 e. The van der Waals surface area contributed by atoms with Crippen molar-refractivity contribution in [3.8, 4) is 5.75 Å². The van der Waals surface area contributed by atoms with Crippen molar-refractivity contribution in [2.24, 2.45) is 0 Å². The number of rotatable bonds is 2. The summed E-state index contributed by atoms with van der Waals surface area (Å²) in [7, 11) is 0. The van der Waals surface area contributed by atoms with Crippen LogP contribution in [0.5, 0.6) is 5.75 Å². The molecule has 2 atom stereocenters. The van der Waals surface area contributed by atoms with E-state index in [4.69, 9.17) is 16.3 Å². The fourth-order valence-corrected chi connectivity index (χ4v) is 4.42. The van der Waals surface area contributed by atoms with Gasteiger partial charge in [-0.15, -0.1) is 0 Å². The van der Waals surface area contributed by atoms with E-state index in [1.54, 1.807) is 12.1 Å². The molecule has 1 N–H and O–H groups in total. The first kappa shape index (κ1) is 18.2. The Morgan fingerprint density at radius 2 is 1.68 bits per heavy atom. The van der Waals surface area contributed by atoms with Crippen molar-refractivity contribution in [3.05, 3.63) is 112 Å². The molecule has 0 spiro atoms. The monoisotopic (exact) mass is 430 g/mol. The number of benzene rings is 3. The number of hydrogen-bond donors (Lipinski definition) is 1. The zero-order valence-electron chi connectivity index (χ0n) is 16.2. The summed E-state index contributed by atoms with van der Waals surface area (Å²) in [6, 6.07) is 21.7. The van der Waals surface area contributed by atoms with Crippen molar-refractivity contribution < 1.29 is 9.13 Å². The molecule has 4 aromatic rings. The lowest BCUT2D eigenvalue weighted by molar-refractivity contribution is 0.223. The van der Waals surface area contributed by atoms with Gasteiger partial charge in [-0.05, 0) is 47.5 Å². The number of ether oxygens (including phenoxy) is 1. The minimum Gasteiger partial charge on any atom is -0.480 e. The third-order valence-electron chi connectivity index (χ3n) is 5.68. The molecular weight excluding hydrogens is 415 g/mol. The van der Waals surface area contributed by atoms with Gasteiger partial charge in [0.15, 0.2) is 0 Å². The number of aromatic nitrogens is 3. The quantitative estimate of drug-likeness (QED) is 0.447. The minimum atomic E-state index is -0.387. The molecule has 3 aromatic carbocycles. The highest BCUT2D eigenvalue weighted by molar-refractivity contribution is 6.30. The topological polar surface area (TPSA) is 52.0 Å². The highest BCUT2D eigenvalue weighted by Crippen LogP contribution is 2.50. The molecule has 31 heavy (non-hydrogen) atoms. The van der Waals surface area contributed by atoms with Crippen LogP contribution < -0.4 is 10.1 Å². The van der Waals surface area contributed by atoms with E-state index in [-0.39, 0.29) is 18.0 Å². The van der Waals surface area contributed by atoms with Gasteiger partial charge in [-0.3, -0.25) is 0 Å². The van der Waals surface area contributed by atoms with Crippen molar-refractivity contribution in [2.75, 3.05) is 5.32 Å². The average Bonchev–Trinajstić information content (AvgIpc) is 3.27. The Kier molecular flexibility index (Phi) is 4.07. The molecule has 0 unspecified atom stereocenters. The molecule has 3 heterocycles. The molecule has 7 heteroatoms. The van der Waals surface area contributed by atoms with Gasteiger partial charge in [-0.1, -0.05) is 48.0 Å². The maximum Gasteiger partial charge on any atom is 0.226 e. The van der Waals surface area contributed by atoms with Crippen LogP contribution in [0.4, 0.5) is 10.3 Å². The number of fused-ring (bicyclic) bond motifs is 3. The third kappa shape index (κ3) is 2.91. The molecule has 0 radical (unpaired) electrons. The summed E-state index contributed by atoms with van der Waals surface area (Å²) in [5.74, 6) is 1.12. The maximum absolute atomic E-state index is 13.7. The molecule has 2 aliphatic rings. The standard InChI is InChI=1S/C24H16ClFN4O/c25-16-9-5-15(6-10-16)23-20-21(18-3-1-2-4-19(18)31-23)29-24-27-13-28-30(24)22(20)14-7-11-17(26)12-8-14/h1-13,22-23H,(H,27,28,29)/t22-,23+/m1/s1. The van der Waals surface area contributed by atoms with Crippen molar-refractivity contribution in [1.82, 2.24) is 14.8 Å². The minimum absolute atomic E-state index is 0.287. The van der Waals surface area contributed by atoms with Crippen LogP contribution in [-0.4, -0.2) is 14.8 Å². The SMILES string of the molecule is Fc1ccc([C@@H]2C3=C(Nc4ncnn42)c2ccccc2O[C@H]3c2ccc(Cl)cc2)cc1. The van der Waals surface area contributed by atoms with Crippen LogP contribution in [0.15, 0.2) is 84.7 Å². The first-order valence-corrected chi connectivity index (χ1v) is 10.2. The summed E-state index contributed by atoms with van der Waals surface area (Å²) in [5, 5.41) is 8.57. The second kappa shape index (κ2) is 6.96. The van der Waals surface area contributed by atoms with Gasteiger partial charge in [0.05, 0.1) is 5.70 Å². The molecule has 0 saturated heterocycles. The van der Waals surface area contributed by atoms with Gasteiger partial charge in [-0.25, -0.2) is 9.07 Å². The Morgan fingerprint density at radius 1 is 0.935 bits per heavy atom. The average molecular weight is 431 g/mol. The Morgan fingerprint density at radius 3 is 2.48 bits per heavy atom. The van der Waals surface area contributed by atoms with E-state index in [1.807, 2.05) is 53.2 Å². The van der Waals surface area contributed by atoms with Crippen LogP contribution in [-0.2, 0) is 0 Å². The molecule has 0 saturated carbocycles. The lowest BCUT2D eigenvalue weighted by atomic mass is 9.84. The first-order valence-electron chi connectivity index (χ1n) is 9.86. The van der Waals surface area contributed by atoms with E-state index in [0.717, 1.165) is 33.7 Å². The van der Waals surface area contributed by atoms with Gasteiger partial charge in [0.2, 0.25) is 5.95 Å². The second-order valence-corrected chi connectivity index (χ2v) is 7.92. The fourth-order valence-electron chi connectivity index (χ4n) is 4.30. The zero-order chi connectivity index (χ0) is 20.9. The second-order valence-electron chi connectivity index (χ2n) is 7.48. The van der Waals surface area contributed by atoms with Crippen molar-refractivity contribution in [1.29, 1.82) is 0 Å². The van der Waals surface area contributed by atoms with Crippen molar-refractivity contribution in [2.45, 2.75) is 12.1 Å². The van der Waals surface area contributed by atoms with Gasteiger partial charge >= 0.3 is 0 Å². The summed E-state index contributed by atoms with van der Waals surface area (Å²) < 4.78 is 22.0. The highest BCUT2D eigenvalue weighted by atomic mass is 35.5. The van der Waals surface area contributed by atoms with E-state index in [0.29, 0.717) is 11.0 Å². The van der Waals surface area contributed by atoms with Crippen LogP contribution >= 0.6 is 11.6 Å². The van der Waals surface area contributed by atoms with E-state index < -0.39 is 0 Å². The first-order chi connectivity index (χ1) is 15.2. The van der Waals surface area contributed by atoms with E-state index >= 15 is 0 Å². The molecule has 152 valence electrons. The van der Waals surface area contributed by atoms with Crippen molar-refractivity contribution in [3.63, 3.8) is 0 Å². The number of halogens is 2. The lowest BCUT2D eigenvalue weighted by Gasteiger charge is -2.39. The molecule has 0 aliphatic carbocycles. The summed E-state index contributed by atoms with van der Waals surface area (Å²) in [6.45, 7) is 0. The lowest BCUT2D eigenvalue weighted by Crippen LogP contribution is -2.32. The molecule has 0 fully saturated rings. The highest BCUT2D eigenvalue weighted by Gasteiger charge is 2.40. The number of hydrogen-bond acceptors (Lipinski definition) is 4. The summed E-state index contributed by atoms with van der Waals surface area (Å²) in [6.07, 6.45) is 1.13. The number of anilines is 1. The molecular formula is C24H16ClFN4O. The normalized spacial score (nSPS) is 19.0. The van der Waals surface area contributed by atoms with Gasteiger partial charge in [-0.2, -0.15) is 10.1 Å². The summed E-state index contributed by atoms with van der Waals surface area (Å²) in [4.78, 5) is 4.40. The molecule has 6 rings (SSSR count). The summed E-state index contributed by atoms with van der Waals surface area (Å²) >= 11 is 6.14. The van der Waals surface area contributed by atoms with E-state index in [1.165, 1.54) is 18.5 Å². The Bertz CT molecular complexity index is 1310. The predicted octanol–water partition coefficient (Wildman–Crippen LogP) is 5.63. The van der Waals surface area contributed by atoms with Gasteiger partial charge in [0.25, 0.3) is 0 Å². The molecule has 0 bridgehead atoms. The number of nitrogens with zero attached hydrogens (tertiary/aromatic N) is 3. The van der Waals surface area contributed by atoms with Crippen LogP contribution in [0, 0.1) is 5.82 Å².